The van der Waals surface area contributed by atoms with E-state index in [1.165, 1.54) is 0 Å². The SMILES string of the molecule is Nc1coc2c1ccc1c(N)csc12. The number of thiophene rings is 1. The van der Waals surface area contributed by atoms with E-state index >= 15 is 0 Å². The van der Waals surface area contributed by atoms with Gasteiger partial charge in [0.2, 0.25) is 0 Å². The van der Waals surface area contributed by atoms with E-state index in [0.29, 0.717) is 5.69 Å². The van der Waals surface area contributed by atoms with Crippen LogP contribution in [0.3, 0.4) is 0 Å². The highest BCUT2D eigenvalue weighted by atomic mass is 32.1. The summed E-state index contributed by atoms with van der Waals surface area (Å²) >= 11 is 1.58. The number of hydrogen-bond donors (Lipinski definition) is 2. The highest BCUT2D eigenvalue weighted by Gasteiger charge is 2.09. The van der Waals surface area contributed by atoms with Crippen LogP contribution in [0.2, 0.25) is 0 Å². The molecule has 0 bridgehead atoms. The van der Waals surface area contributed by atoms with Gasteiger partial charge in [0, 0.05) is 16.2 Å². The van der Waals surface area contributed by atoms with Crippen molar-refractivity contribution in [3.8, 4) is 0 Å². The minimum atomic E-state index is 0.675. The molecule has 0 aliphatic heterocycles. The summed E-state index contributed by atoms with van der Waals surface area (Å²) in [5, 5.41) is 3.92. The first kappa shape index (κ1) is 7.70. The summed E-state index contributed by atoms with van der Waals surface area (Å²) in [7, 11) is 0. The van der Waals surface area contributed by atoms with Gasteiger partial charge in [0.1, 0.15) is 6.26 Å². The Bertz CT molecular complexity index is 568. The van der Waals surface area contributed by atoms with Crippen molar-refractivity contribution in [3.05, 3.63) is 23.8 Å². The zero-order valence-corrected chi connectivity index (χ0v) is 8.10. The smallest absolute Gasteiger partial charge is 0.153 e. The Morgan fingerprint density at radius 1 is 1.07 bits per heavy atom. The highest BCUT2D eigenvalue weighted by Crippen LogP contribution is 2.36. The van der Waals surface area contributed by atoms with Crippen LogP contribution in [-0.2, 0) is 0 Å². The van der Waals surface area contributed by atoms with E-state index < -0.39 is 0 Å². The van der Waals surface area contributed by atoms with Gasteiger partial charge in [-0.2, -0.15) is 0 Å². The zero-order valence-electron chi connectivity index (χ0n) is 7.28. The van der Waals surface area contributed by atoms with Gasteiger partial charge in [-0.3, -0.25) is 0 Å². The second-order valence-electron chi connectivity index (χ2n) is 3.20. The minimum absolute atomic E-state index is 0.675. The van der Waals surface area contributed by atoms with Crippen molar-refractivity contribution >= 4 is 43.8 Å². The average Bonchev–Trinajstić information content (AvgIpc) is 2.72. The molecule has 3 rings (SSSR count). The second kappa shape index (κ2) is 2.42. The summed E-state index contributed by atoms with van der Waals surface area (Å²) in [5.74, 6) is 0. The van der Waals surface area contributed by atoms with Crippen LogP contribution < -0.4 is 11.5 Å². The van der Waals surface area contributed by atoms with Crippen LogP contribution in [0, 0.1) is 0 Å². The minimum Gasteiger partial charge on any atom is -0.461 e. The fraction of sp³-hybridized carbons (Fsp3) is 0. The number of nitrogen functional groups attached to an aromatic ring is 2. The summed E-state index contributed by atoms with van der Waals surface area (Å²) in [6.07, 6.45) is 1.57. The van der Waals surface area contributed by atoms with Crippen LogP contribution in [0.1, 0.15) is 0 Å². The van der Waals surface area contributed by atoms with E-state index in [1.807, 2.05) is 17.5 Å². The lowest BCUT2D eigenvalue weighted by atomic mass is 10.2. The van der Waals surface area contributed by atoms with Crippen molar-refractivity contribution in [1.82, 2.24) is 0 Å². The standard InChI is InChI=1S/C10H8N2OS/c11-7-3-13-9-5(7)1-2-6-8(12)4-14-10(6)9/h1-4H,11-12H2. The van der Waals surface area contributed by atoms with Crippen molar-refractivity contribution in [2.75, 3.05) is 11.5 Å². The van der Waals surface area contributed by atoms with Gasteiger partial charge < -0.3 is 15.9 Å². The molecule has 0 aliphatic carbocycles. The topological polar surface area (TPSA) is 65.2 Å². The quantitative estimate of drug-likeness (QED) is 0.591. The first-order valence-electron chi connectivity index (χ1n) is 4.20. The van der Waals surface area contributed by atoms with Crippen LogP contribution in [0.15, 0.2) is 28.2 Å². The van der Waals surface area contributed by atoms with Gasteiger partial charge in [0.15, 0.2) is 5.58 Å². The largest absolute Gasteiger partial charge is 0.461 e. The number of rotatable bonds is 0. The predicted molar refractivity (Wildman–Crippen MR) is 60.4 cm³/mol. The fourth-order valence-electron chi connectivity index (χ4n) is 1.62. The Morgan fingerprint density at radius 3 is 2.71 bits per heavy atom. The Kier molecular flexibility index (Phi) is 1.33. The van der Waals surface area contributed by atoms with E-state index in [9.17, 15) is 0 Å². The summed E-state index contributed by atoms with van der Waals surface area (Å²) in [6.45, 7) is 0. The molecule has 2 heterocycles. The number of furan rings is 1. The molecule has 4 heteroatoms. The van der Waals surface area contributed by atoms with Crippen LogP contribution in [-0.4, -0.2) is 0 Å². The Morgan fingerprint density at radius 2 is 1.86 bits per heavy atom. The third-order valence-electron chi connectivity index (χ3n) is 2.34. The second-order valence-corrected chi connectivity index (χ2v) is 4.08. The number of nitrogens with two attached hydrogens (primary N) is 2. The molecule has 0 aliphatic rings. The monoisotopic (exact) mass is 204 g/mol. The van der Waals surface area contributed by atoms with Crippen LogP contribution in [0.4, 0.5) is 11.4 Å². The van der Waals surface area contributed by atoms with Gasteiger partial charge in [-0.15, -0.1) is 11.3 Å². The van der Waals surface area contributed by atoms with E-state index in [2.05, 4.69) is 0 Å². The molecule has 1 aromatic carbocycles. The van der Waals surface area contributed by atoms with Gasteiger partial charge >= 0.3 is 0 Å². The molecule has 0 amide bonds. The van der Waals surface area contributed by atoms with Crippen molar-refractivity contribution in [2.45, 2.75) is 0 Å². The molecule has 0 fully saturated rings. The molecule has 4 N–H and O–H groups in total. The number of fused-ring (bicyclic) bond motifs is 3. The van der Waals surface area contributed by atoms with Gasteiger partial charge in [-0.05, 0) is 6.07 Å². The molecule has 0 atom stereocenters. The maximum Gasteiger partial charge on any atom is 0.153 e. The molecule has 0 radical (unpaired) electrons. The first-order chi connectivity index (χ1) is 6.77. The predicted octanol–water partition coefficient (Wildman–Crippen LogP) is 2.81. The molecule has 0 spiro atoms. The maximum absolute atomic E-state index is 5.81. The molecule has 2 aromatic heterocycles. The summed E-state index contributed by atoms with van der Waals surface area (Å²) in [5.41, 5.74) is 13.9. The first-order valence-corrected chi connectivity index (χ1v) is 5.07. The summed E-state index contributed by atoms with van der Waals surface area (Å²) < 4.78 is 6.47. The van der Waals surface area contributed by atoms with Crippen molar-refractivity contribution < 1.29 is 4.42 Å². The normalized spacial score (nSPS) is 11.4. The van der Waals surface area contributed by atoms with Crippen molar-refractivity contribution in [2.24, 2.45) is 0 Å². The molecule has 70 valence electrons. The maximum atomic E-state index is 5.81. The van der Waals surface area contributed by atoms with Gasteiger partial charge in [0.25, 0.3) is 0 Å². The molecule has 0 saturated heterocycles. The average molecular weight is 204 g/mol. The third-order valence-corrected chi connectivity index (χ3v) is 3.35. The molecule has 3 nitrogen and oxygen atoms in total. The van der Waals surface area contributed by atoms with Crippen molar-refractivity contribution in [1.29, 1.82) is 0 Å². The summed E-state index contributed by atoms with van der Waals surface area (Å²) in [4.78, 5) is 0. The zero-order chi connectivity index (χ0) is 9.71. The van der Waals surface area contributed by atoms with Crippen LogP contribution >= 0.6 is 11.3 Å². The molecule has 3 aromatic rings. The molecular weight excluding hydrogens is 196 g/mol. The Hall–Kier alpha value is -1.68. The molecular formula is C10H8N2OS. The highest BCUT2D eigenvalue weighted by molar-refractivity contribution is 7.18. The number of anilines is 2. The number of benzene rings is 1. The molecule has 0 saturated carbocycles. The molecule has 14 heavy (non-hydrogen) atoms. The van der Waals surface area contributed by atoms with E-state index in [1.54, 1.807) is 17.6 Å². The van der Waals surface area contributed by atoms with Gasteiger partial charge in [0.05, 0.1) is 16.1 Å². The Labute approximate surface area is 83.9 Å². The summed E-state index contributed by atoms with van der Waals surface area (Å²) in [6, 6.07) is 3.93. The molecule has 0 unspecified atom stereocenters. The van der Waals surface area contributed by atoms with Gasteiger partial charge in [-0.1, -0.05) is 6.07 Å². The Balaban J connectivity index is 2.62. The number of hydrogen-bond acceptors (Lipinski definition) is 4. The lowest BCUT2D eigenvalue weighted by Crippen LogP contribution is -1.81. The van der Waals surface area contributed by atoms with Crippen molar-refractivity contribution in [3.63, 3.8) is 0 Å². The lowest BCUT2D eigenvalue weighted by Gasteiger charge is -1.93. The third kappa shape index (κ3) is 0.807. The van der Waals surface area contributed by atoms with E-state index in [0.717, 1.165) is 26.7 Å². The van der Waals surface area contributed by atoms with E-state index in [4.69, 9.17) is 15.9 Å². The van der Waals surface area contributed by atoms with E-state index in [-0.39, 0.29) is 0 Å². The van der Waals surface area contributed by atoms with Gasteiger partial charge in [-0.25, -0.2) is 0 Å². The van der Waals surface area contributed by atoms with Crippen LogP contribution in [0.25, 0.3) is 21.1 Å². The fourth-order valence-corrected chi connectivity index (χ4v) is 2.57. The lowest BCUT2D eigenvalue weighted by molar-refractivity contribution is 0.621. The van der Waals surface area contributed by atoms with Crippen LogP contribution in [0.5, 0.6) is 0 Å².